The molecular weight excluding hydrogens is 376 g/mol. The molecule has 140 valence electrons. The van der Waals surface area contributed by atoms with E-state index in [1.165, 1.54) is 0 Å². The van der Waals surface area contributed by atoms with Crippen LogP contribution < -0.4 is 15.8 Å². The average molecular weight is 393 g/mol. The minimum absolute atomic E-state index is 0.0218. The van der Waals surface area contributed by atoms with E-state index in [0.717, 1.165) is 22.0 Å². The van der Waals surface area contributed by atoms with E-state index in [1.807, 2.05) is 36.4 Å². The number of aromatic nitrogens is 1. The van der Waals surface area contributed by atoms with Crippen LogP contribution in [0.5, 0.6) is 5.75 Å². The number of nitrogens with one attached hydrogen (secondary N) is 1. The molecule has 3 N–H and O–H groups in total. The van der Waals surface area contributed by atoms with Crippen LogP contribution >= 0.6 is 11.6 Å². The van der Waals surface area contributed by atoms with Crippen LogP contribution in [0.15, 0.2) is 54.6 Å². The van der Waals surface area contributed by atoms with E-state index in [1.54, 1.807) is 19.2 Å². The molecule has 0 aliphatic heterocycles. The van der Waals surface area contributed by atoms with Gasteiger partial charge in [0.25, 0.3) is 5.91 Å². The highest BCUT2D eigenvalue weighted by molar-refractivity contribution is 6.33. The Morgan fingerprint density at radius 3 is 2.75 bits per heavy atom. The van der Waals surface area contributed by atoms with Crippen LogP contribution in [0.3, 0.4) is 0 Å². The molecule has 1 amide bonds. The molecule has 0 unspecified atom stereocenters. The number of anilines is 1. The third-order valence-corrected chi connectivity index (χ3v) is 4.52. The van der Waals surface area contributed by atoms with Gasteiger partial charge in [0.2, 0.25) is 0 Å². The fraction of sp³-hybridized carbons (Fsp3) is 0.0952. The van der Waals surface area contributed by atoms with E-state index in [-0.39, 0.29) is 10.7 Å². The van der Waals surface area contributed by atoms with E-state index in [0.29, 0.717) is 23.6 Å². The minimum atomic E-state index is -0.688. The molecule has 1 heterocycles. The Balaban J connectivity index is 2.14. The van der Waals surface area contributed by atoms with Crippen LogP contribution in [0.4, 0.5) is 5.69 Å². The Morgan fingerprint density at radius 2 is 2.07 bits per heavy atom. The molecule has 1 aromatic heterocycles. The van der Waals surface area contributed by atoms with Crippen molar-refractivity contribution < 1.29 is 9.53 Å². The van der Waals surface area contributed by atoms with Gasteiger partial charge in [-0.2, -0.15) is 5.26 Å². The number of nitrogens with two attached hydrogens (primary N) is 1. The van der Waals surface area contributed by atoms with Gasteiger partial charge in [0.05, 0.1) is 29.6 Å². The number of nitrogens with zero attached hydrogens (tertiary/aromatic N) is 2. The zero-order valence-electron chi connectivity index (χ0n) is 15.1. The van der Waals surface area contributed by atoms with Gasteiger partial charge in [-0.25, -0.2) is 4.98 Å². The van der Waals surface area contributed by atoms with Crippen molar-refractivity contribution in [2.75, 3.05) is 19.0 Å². The first kappa shape index (κ1) is 19.2. The molecule has 3 aromatic rings. The number of hydrogen-bond acceptors (Lipinski definition) is 5. The number of benzene rings is 2. The second-order valence-corrected chi connectivity index (χ2v) is 6.45. The lowest BCUT2D eigenvalue weighted by atomic mass is 10.0. The van der Waals surface area contributed by atoms with E-state index >= 15 is 0 Å². The van der Waals surface area contributed by atoms with Crippen molar-refractivity contribution in [3.63, 3.8) is 0 Å². The molecule has 0 aliphatic carbocycles. The second kappa shape index (κ2) is 7.99. The number of primary amides is 1. The van der Waals surface area contributed by atoms with Crippen LogP contribution in [-0.4, -0.2) is 24.5 Å². The Bertz CT molecular complexity index is 1140. The van der Waals surface area contributed by atoms with Gasteiger partial charge in [0, 0.05) is 23.1 Å². The number of ether oxygens (including phenoxy) is 1. The van der Waals surface area contributed by atoms with Crippen LogP contribution in [0.25, 0.3) is 22.0 Å². The van der Waals surface area contributed by atoms with Gasteiger partial charge in [0.1, 0.15) is 11.4 Å². The summed E-state index contributed by atoms with van der Waals surface area (Å²) in [6.45, 7) is 3.99. The first-order chi connectivity index (χ1) is 13.4. The molecule has 0 aliphatic rings. The molecular formula is C21H17ClN4O2. The third kappa shape index (κ3) is 3.75. The SMILES string of the molecule is C=C(C#N)CNc1c(OC)ccc2ccc(-c3ccc(Cl)c(C(N)=O)n3)cc12. The normalized spacial score (nSPS) is 10.3. The minimum Gasteiger partial charge on any atom is -0.495 e. The summed E-state index contributed by atoms with van der Waals surface area (Å²) >= 11 is 6.00. The lowest BCUT2D eigenvalue weighted by Gasteiger charge is -2.15. The Labute approximate surface area is 167 Å². The van der Waals surface area contributed by atoms with Crippen molar-refractivity contribution in [1.29, 1.82) is 5.26 Å². The van der Waals surface area contributed by atoms with Gasteiger partial charge in [0.15, 0.2) is 0 Å². The zero-order chi connectivity index (χ0) is 20.3. The number of hydrogen-bond donors (Lipinski definition) is 2. The van der Waals surface area contributed by atoms with Gasteiger partial charge < -0.3 is 15.8 Å². The number of carbonyl (C=O) groups excluding carboxylic acids is 1. The topological polar surface area (TPSA) is 101 Å². The Morgan fingerprint density at radius 1 is 1.32 bits per heavy atom. The van der Waals surface area contributed by atoms with E-state index in [2.05, 4.69) is 16.9 Å². The Kier molecular flexibility index (Phi) is 5.48. The maximum absolute atomic E-state index is 11.5. The number of amides is 1. The monoisotopic (exact) mass is 392 g/mol. The van der Waals surface area contributed by atoms with Gasteiger partial charge in [-0.1, -0.05) is 36.4 Å². The number of nitriles is 1. The fourth-order valence-corrected chi connectivity index (χ4v) is 3.02. The predicted molar refractivity (Wildman–Crippen MR) is 111 cm³/mol. The van der Waals surface area contributed by atoms with Gasteiger partial charge in [-0.15, -0.1) is 0 Å². The molecule has 0 radical (unpaired) electrons. The summed E-state index contributed by atoms with van der Waals surface area (Å²) in [7, 11) is 1.58. The summed E-state index contributed by atoms with van der Waals surface area (Å²) in [5, 5.41) is 14.2. The molecule has 0 spiro atoms. The average Bonchev–Trinajstić information content (AvgIpc) is 2.71. The summed E-state index contributed by atoms with van der Waals surface area (Å²) in [6.07, 6.45) is 0. The molecule has 3 rings (SSSR count). The molecule has 2 aromatic carbocycles. The van der Waals surface area contributed by atoms with Gasteiger partial charge in [-0.05, 0) is 29.7 Å². The quantitative estimate of drug-likeness (QED) is 0.613. The lowest BCUT2D eigenvalue weighted by molar-refractivity contribution is 0.0996. The number of halogens is 1. The lowest BCUT2D eigenvalue weighted by Crippen LogP contribution is -2.14. The highest BCUT2D eigenvalue weighted by Crippen LogP contribution is 2.36. The van der Waals surface area contributed by atoms with E-state index in [9.17, 15) is 4.79 Å². The Hall–Kier alpha value is -3.56. The zero-order valence-corrected chi connectivity index (χ0v) is 15.9. The highest BCUT2D eigenvalue weighted by atomic mass is 35.5. The van der Waals surface area contributed by atoms with Crippen LogP contribution in [-0.2, 0) is 0 Å². The van der Waals surface area contributed by atoms with Crippen molar-refractivity contribution in [3.05, 3.63) is 65.3 Å². The van der Waals surface area contributed by atoms with Crippen molar-refractivity contribution >= 4 is 34.0 Å². The number of pyridine rings is 1. The number of fused-ring (bicyclic) bond motifs is 1. The summed E-state index contributed by atoms with van der Waals surface area (Å²) < 4.78 is 5.46. The van der Waals surface area contributed by atoms with E-state index < -0.39 is 5.91 Å². The highest BCUT2D eigenvalue weighted by Gasteiger charge is 2.13. The maximum Gasteiger partial charge on any atom is 0.268 e. The predicted octanol–water partition coefficient (Wildman–Crippen LogP) is 4.15. The molecule has 7 heteroatoms. The molecule has 0 bridgehead atoms. The molecule has 6 nitrogen and oxygen atoms in total. The van der Waals surface area contributed by atoms with Crippen molar-refractivity contribution in [2.24, 2.45) is 5.73 Å². The third-order valence-electron chi connectivity index (χ3n) is 4.22. The van der Waals surface area contributed by atoms with Crippen LogP contribution in [0, 0.1) is 11.3 Å². The summed E-state index contributed by atoms with van der Waals surface area (Å²) in [5.41, 5.74) is 7.86. The van der Waals surface area contributed by atoms with E-state index in [4.69, 9.17) is 27.3 Å². The first-order valence-electron chi connectivity index (χ1n) is 8.34. The first-order valence-corrected chi connectivity index (χ1v) is 8.71. The summed E-state index contributed by atoms with van der Waals surface area (Å²) in [5.74, 6) is -0.0519. The smallest absolute Gasteiger partial charge is 0.268 e. The standard InChI is InChI=1S/C21H17ClN4O2/c1-12(10-23)11-25-19-15-9-14(4-3-13(15)5-8-18(19)28-2)17-7-6-16(22)20(26-17)21(24)27/h3-9,25H,1,11H2,2H3,(H2,24,27). The fourth-order valence-electron chi connectivity index (χ4n) is 2.82. The van der Waals surface area contributed by atoms with Gasteiger partial charge >= 0.3 is 0 Å². The number of methoxy groups -OCH3 is 1. The summed E-state index contributed by atoms with van der Waals surface area (Å²) in [6, 6.07) is 14.9. The molecule has 28 heavy (non-hydrogen) atoms. The summed E-state index contributed by atoms with van der Waals surface area (Å²) in [4.78, 5) is 15.8. The maximum atomic E-state index is 11.5. The molecule has 0 saturated carbocycles. The number of carbonyl (C=O) groups is 1. The number of rotatable bonds is 6. The van der Waals surface area contributed by atoms with Crippen molar-refractivity contribution in [2.45, 2.75) is 0 Å². The van der Waals surface area contributed by atoms with Crippen LogP contribution in [0.2, 0.25) is 5.02 Å². The van der Waals surface area contributed by atoms with Gasteiger partial charge in [-0.3, -0.25) is 4.79 Å². The van der Waals surface area contributed by atoms with Crippen molar-refractivity contribution in [3.8, 4) is 23.1 Å². The van der Waals surface area contributed by atoms with Crippen molar-refractivity contribution in [1.82, 2.24) is 4.98 Å². The molecule has 0 saturated heterocycles. The second-order valence-electron chi connectivity index (χ2n) is 6.04. The largest absolute Gasteiger partial charge is 0.495 e. The molecule has 0 fully saturated rings. The van der Waals surface area contributed by atoms with Crippen LogP contribution in [0.1, 0.15) is 10.5 Å². The molecule has 0 atom stereocenters.